The molecule has 1 aliphatic heterocycles. The third kappa shape index (κ3) is 8.58. The van der Waals surface area contributed by atoms with Gasteiger partial charge in [-0.1, -0.05) is 12.8 Å². The van der Waals surface area contributed by atoms with Crippen LogP contribution in [-0.2, 0) is 0 Å². The van der Waals surface area contributed by atoms with E-state index in [4.69, 9.17) is 9.72 Å². The molecular weight excluding hydrogens is 612 g/mol. The normalized spacial score (nSPS) is 14.2. The maximum absolute atomic E-state index is 13.8. The van der Waals surface area contributed by atoms with E-state index in [2.05, 4.69) is 12.2 Å². The lowest BCUT2D eigenvalue weighted by molar-refractivity contribution is -0.931. The van der Waals surface area contributed by atoms with Crippen molar-refractivity contribution in [3.63, 3.8) is 0 Å². The summed E-state index contributed by atoms with van der Waals surface area (Å²) in [6.07, 6.45) is 11.3. The van der Waals surface area contributed by atoms with Crippen molar-refractivity contribution >= 4 is 28.4 Å². The van der Waals surface area contributed by atoms with Gasteiger partial charge in [-0.3, -0.25) is 9.59 Å². The van der Waals surface area contributed by atoms with E-state index in [1.807, 2.05) is 44.1 Å². The molecule has 1 fully saturated rings. The summed E-state index contributed by atoms with van der Waals surface area (Å²) in [5.41, 5.74) is 1.14. The zero-order valence-corrected chi connectivity index (χ0v) is 28.7. The van der Waals surface area contributed by atoms with E-state index in [-0.39, 0.29) is 16.6 Å². The maximum atomic E-state index is 13.8. The van der Waals surface area contributed by atoms with Gasteiger partial charge in [0.2, 0.25) is 5.43 Å². The molecule has 256 valence electrons. The minimum atomic E-state index is -0.840. The fourth-order valence-corrected chi connectivity index (χ4v) is 6.73. The number of piperidine rings is 1. The number of nitrogens with zero attached hydrogens (tertiary/aromatic N) is 4. The van der Waals surface area contributed by atoms with Gasteiger partial charge in [0.25, 0.3) is 5.91 Å². The van der Waals surface area contributed by atoms with E-state index < -0.39 is 23.0 Å². The number of carbonyl (C=O) groups is 1. The number of halogens is 2. The monoisotopic (exact) mass is 660 g/mol. The van der Waals surface area contributed by atoms with Crippen molar-refractivity contribution < 1.29 is 22.8 Å². The molecule has 3 heterocycles. The first-order valence-corrected chi connectivity index (χ1v) is 17.2. The lowest BCUT2D eigenvalue weighted by Crippen LogP contribution is -2.51. The van der Waals surface area contributed by atoms with Gasteiger partial charge in [0.05, 0.1) is 43.9 Å². The van der Waals surface area contributed by atoms with Crippen LogP contribution in [-0.4, -0.2) is 66.8 Å². The fourth-order valence-electron chi connectivity index (χ4n) is 6.73. The number of rotatable bonds is 14. The molecule has 1 aliphatic rings. The average Bonchev–Trinajstić information content (AvgIpc) is 3.05. The molecule has 4 aromatic rings. The Bertz CT molecular complexity index is 1780. The van der Waals surface area contributed by atoms with Gasteiger partial charge in [-0.15, -0.1) is 0 Å². The van der Waals surface area contributed by atoms with Crippen molar-refractivity contribution in [2.75, 3.05) is 57.1 Å². The number of pyridine rings is 2. The number of amides is 1. The summed E-state index contributed by atoms with van der Waals surface area (Å²) in [5, 5.41) is 2.70. The van der Waals surface area contributed by atoms with E-state index >= 15 is 0 Å². The third-order valence-corrected chi connectivity index (χ3v) is 9.45. The number of aromatic nitrogens is 2. The SMILES string of the molecule is CC[N+]1(CCCCCCCOc2cc(C)cc(-n3cc(C(=O)Nc4cc(F)cc(F)c4)c(=O)c4ccc(N(C)C)nc43)c2)CCCCC1. The Balaban J connectivity index is 1.31. The van der Waals surface area contributed by atoms with Gasteiger partial charge in [-0.25, -0.2) is 13.8 Å². The van der Waals surface area contributed by atoms with Gasteiger partial charge >= 0.3 is 0 Å². The van der Waals surface area contributed by atoms with Gasteiger partial charge in [0, 0.05) is 38.1 Å². The van der Waals surface area contributed by atoms with Crippen molar-refractivity contribution in [3.05, 3.63) is 87.7 Å². The Morgan fingerprint density at radius 1 is 0.958 bits per heavy atom. The molecule has 2 aromatic carbocycles. The number of hydrogen-bond acceptors (Lipinski definition) is 5. The summed E-state index contributed by atoms with van der Waals surface area (Å²) in [4.78, 5) is 33.5. The van der Waals surface area contributed by atoms with E-state index in [0.29, 0.717) is 35.6 Å². The predicted molar refractivity (Wildman–Crippen MR) is 189 cm³/mol. The summed E-state index contributed by atoms with van der Waals surface area (Å²) in [7, 11) is 3.71. The van der Waals surface area contributed by atoms with Gasteiger partial charge in [0.1, 0.15) is 28.8 Å². The Hall–Kier alpha value is -4.31. The van der Waals surface area contributed by atoms with Crippen molar-refractivity contribution in [2.45, 2.75) is 65.2 Å². The molecule has 1 amide bonds. The van der Waals surface area contributed by atoms with Gasteiger partial charge in [-0.05, 0) is 94.3 Å². The second-order valence-electron chi connectivity index (χ2n) is 13.3. The smallest absolute Gasteiger partial charge is 0.261 e. The van der Waals surface area contributed by atoms with E-state index in [1.165, 1.54) is 75.4 Å². The highest BCUT2D eigenvalue weighted by Gasteiger charge is 2.27. The number of benzene rings is 2. The van der Waals surface area contributed by atoms with Crippen LogP contribution < -0.4 is 20.4 Å². The number of hydrogen-bond donors (Lipinski definition) is 1. The molecule has 1 saturated heterocycles. The summed E-state index contributed by atoms with van der Waals surface area (Å²) in [6.45, 7) is 10.1. The van der Waals surface area contributed by atoms with Gasteiger partial charge in [0.15, 0.2) is 5.65 Å². The first-order chi connectivity index (χ1) is 23.1. The van der Waals surface area contributed by atoms with Crippen LogP contribution >= 0.6 is 0 Å². The molecule has 0 bridgehead atoms. The zero-order chi connectivity index (χ0) is 34.3. The van der Waals surface area contributed by atoms with Crippen LogP contribution in [0.4, 0.5) is 20.3 Å². The van der Waals surface area contributed by atoms with E-state index in [0.717, 1.165) is 30.5 Å². The Morgan fingerprint density at radius 3 is 2.38 bits per heavy atom. The number of ether oxygens (including phenoxy) is 1. The number of likely N-dealkylation sites (tertiary alicyclic amines) is 1. The average molecular weight is 661 g/mol. The fraction of sp³-hybridized carbons (Fsp3) is 0.447. The number of anilines is 2. The van der Waals surface area contributed by atoms with E-state index in [1.54, 1.807) is 16.7 Å². The first-order valence-electron chi connectivity index (χ1n) is 17.2. The Morgan fingerprint density at radius 2 is 1.67 bits per heavy atom. The summed E-state index contributed by atoms with van der Waals surface area (Å²) >= 11 is 0. The highest BCUT2D eigenvalue weighted by atomic mass is 19.1. The number of aryl methyl sites for hydroxylation is 1. The van der Waals surface area contributed by atoms with Crippen molar-refractivity contribution in [3.8, 4) is 11.4 Å². The minimum absolute atomic E-state index is 0.0934. The quantitative estimate of drug-likeness (QED) is 0.111. The second kappa shape index (κ2) is 15.7. The van der Waals surface area contributed by atoms with Crippen LogP contribution in [0.3, 0.4) is 0 Å². The molecule has 5 rings (SSSR count). The lowest BCUT2D eigenvalue weighted by Gasteiger charge is -2.41. The van der Waals surface area contributed by atoms with Crippen molar-refractivity contribution in [1.82, 2.24) is 9.55 Å². The molecule has 1 N–H and O–H groups in total. The van der Waals surface area contributed by atoms with Crippen LogP contribution in [0.2, 0.25) is 0 Å². The number of quaternary nitrogens is 1. The van der Waals surface area contributed by atoms with Crippen LogP contribution in [0, 0.1) is 18.6 Å². The zero-order valence-electron chi connectivity index (χ0n) is 28.7. The summed E-state index contributed by atoms with van der Waals surface area (Å²) in [6, 6.07) is 11.8. The molecule has 10 heteroatoms. The molecular formula is C38H48F2N5O3+. The number of nitrogens with one attached hydrogen (secondary N) is 1. The van der Waals surface area contributed by atoms with Crippen LogP contribution in [0.25, 0.3) is 16.7 Å². The standard InChI is InChI=1S/C38H47F2N5O3/c1-5-45(17-11-9-12-18-45)16-10-7-6-8-13-19-48-32-21-27(2)20-31(25-32)44-26-34(38(47)41-30-23-28(39)22-29(40)24-30)36(46)33-14-15-35(43(3)4)42-37(33)44/h14-15,20-26H,5-13,16-19H2,1-4H3/p+1. The molecule has 0 saturated carbocycles. The Kier molecular flexibility index (Phi) is 11.5. The van der Waals surface area contributed by atoms with E-state index in [9.17, 15) is 18.4 Å². The van der Waals surface area contributed by atoms with Crippen LogP contribution in [0.15, 0.2) is 59.5 Å². The molecule has 2 aromatic heterocycles. The highest BCUT2D eigenvalue weighted by Crippen LogP contribution is 2.26. The number of unbranched alkanes of at least 4 members (excludes halogenated alkanes) is 4. The number of carbonyl (C=O) groups excluding carboxylic acids is 1. The van der Waals surface area contributed by atoms with Crippen LogP contribution in [0.1, 0.15) is 74.2 Å². The van der Waals surface area contributed by atoms with Gasteiger partial charge < -0.3 is 24.0 Å². The maximum Gasteiger partial charge on any atom is 0.261 e. The van der Waals surface area contributed by atoms with Crippen molar-refractivity contribution in [2.24, 2.45) is 0 Å². The predicted octanol–water partition coefficient (Wildman–Crippen LogP) is 7.64. The molecule has 0 unspecified atom stereocenters. The number of fused-ring (bicyclic) bond motifs is 1. The third-order valence-electron chi connectivity index (χ3n) is 9.45. The Labute approximate surface area is 281 Å². The van der Waals surface area contributed by atoms with Crippen LogP contribution in [0.5, 0.6) is 5.75 Å². The molecule has 8 nitrogen and oxygen atoms in total. The van der Waals surface area contributed by atoms with Gasteiger partial charge in [-0.2, -0.15) is 0 Å². The second-order valence-corrected chi connectivity index (χ2v) is 13.3. The highest BCUT2D eigenvalue weighted by molar-refractivity contribution is 6.05. The molecule has 48 heavy (non-hydrogen) atoms. The molecule has 0 atom stereocenters. The minimum Gasteiger partial charge on any atom is -0.494 e. The molecule has 0 spiro atoms. The first kappa shape index (κ1) is 35.0. The lowest BCUT2D eigenvalue weighted by atomic mass is 10.1. The topological polar surface area (TPSA) is 76.5 Å². The molecule has 0 aliphatic carbocycles. The largest absolute Gasteiger partial charge is 0.494 e. The summed E-state index contributed by atoms with van der Waals surface area (Å²) in [5.74, 6) is -1.15. The van der Waals surface area contributed by atoms with Crippen molar-refractivity contribution in [1.29, 1.82) is 0 Å². The summed E-state index contributed by atoms with van der Waals surface area (Å²) < 4.78 is 36.8. The molecule has 0 radical (unpaired) electrons.